The van der Waals surface area contributed by atoms with Crippen molar-refractivity contribution in [3.63, 3.8) is 0 Å². The first-order valence-corrected chi connectivity index (χ1v) is 5.66. The highest BCUT2D eigenvalue weighted by atomic mass is 16.4. The van der Waals surface area contributed by atoms with E-state index >= 15 is 0 Å². The number of carbonyl (C=O) groups is 1. The molecule has 0 saturated carbocycles. The summed E-state index contributed by atoms with van der Waals surface area (Å²) in [6.45, 7) is 6.81. The van der Waals surface area contributed by atoms with Gasteiger partial charge in [0.25, 0.3) is 5.56 Å². The molecule has 0 amide bonds. The quantitative estimate of drug-likeness (QED) is 0.881. The molecule has 5 nitrogen and oxygen atoms in total. The van der Waals surface area contributed by atoms with E-state index in [0.717, 1.165) is 0 Å². The normalized spacial score (nSPS) is 12.2. The summed E-state index contributed by atoms with van der Waals surface area (Å²) in [6, 6.07) is 2.55. The second kappa shape index (κ2) is 5.05. The molecular weight excluding hydrogens is 232 g/mol. The fourth-order valence-corrected chi connectivity index (χ4v) is 2.08. The molecule has 1 aromatic rings. The van der Waals surface area contributed by atoms with Gasteiger partial charge in [-0.1, -0.05) is 13.8 Å². The third-order valence-corrected chi connectivity index (χ3v) is 2.91. The van der Waals surface area contributed by atoms with Crippen molar-refractivity contribution in [3.05, 3.63) is 33.2 Å². The van der Waals surface area contributed by atoms with Gasteiger partial charge in [-0.3, -0.25) is 9.36 Å². The van der Waals surface area contributed by atoms with Gasteiger partial charge in [-0.15, -0.1) is 0 Å². The minimum Gasteiger partial charge on any atom is -0.480 e. The van der Waals surface area contributed by atoms with Crippen LogP contribution in [0.15, 0.2) is 10.9 Å². The molecule has 18 heavy (non-hydrogen) atoms. The minimum atomic E-state index is -1.07. The second-order valence-electron chi connectivity index (χ2n) is 4.66. The van der Waals surface area contributed by atoms with Crippen LogP contribution in [0.3, 0.4) is 0 Å². The van der Waals surface area contributed by atoms with Crippen molar-refractivity contribution in [3.8, 4) is 6.07 Å². The lowest BCUT2D eigenvalue weighted by molar-refractivity contribution is -0.142. The standard InChI is InChI=1S/C13H16N2O3/c1-7(2)11(13(17)18)15-9(4)5-8(3)10(6-14)12(15)16/h5,7,11H,1-4H3,(H,17,18)/t11-/m0/s1. The van der Waals surface area contributed by atoms with E-state index in [4.69, 9.17) is 5.26 Å². The summed E-state index contributed by atoms with van der Waals surface area (Å²) >= 11 is 0. The summed E-state index contributed by atoms with van der Waals surface area (Å²) in [6.07, 6.45) is 0. The molecule has 1 atom stereocenters. The number of rotatable bonds is 3. The van der Waals surface area contributed by atoms with Crippen LogP contribution in [0.4, 0.5) is 0 Å². The van der Waals surface area contributed by atoms with Gasteiger partial charge in [-0.2, -0.15) is 5.26 Å². The molecule has 0 spiro atoms. The zero-order chi connectivity index (χ0) is 14.0. The van der Waals surface area contributed by atoms with Gasteiger partial charge in [0.05, 0.1) is 0 Å². The topological polar surface area (TPSA) is 83.1 Å². The molecule has 0 fully saturated rings. The fraction of sp³-hybridized carbons (Fsp3) is 0.462. The number of nitriles is 1. The van der Waals surface area contributed by atoms with Crippen molar-refractivity contribution in [2.24, 2.45) is 5.92 Å². The van der Waals surface area contributed by atoms with Crippen molar-refractivity contribution < 1.29 is 9.90 Å². The highest BCUT2D eigenvalue weighted by Gasteiger charge is 2.27. The van der Waals surface area contributed by atoms with Crippen molar-refractivity contribution in [1.29, 1.82) is 5.26 Å². The first-order chi connectivity index (χ1) is 8.31. The molecule has 0 saturated heterocycles. The fourth-order valence-electron chi connectivity index (χ4n) is 2.08. The van der Waals surface area contributed by atoms with Crippen molar-refractivity contribution in [1.82, 2.24) is 4.57 Å². The first-order valence-electron chi connectivity index (χ1n) is 5.66. The average molecular weight is 248 g/mol. The molecule has 1 N–H and O–H groups in total. The number of hydrogen-bond donors (Lipinski definition) is 1. The lowest BCUT2D eigenvalue weighted by Crippen LogP contribution is -2.36. The van der Waals surface area contributed by atoms with Crippen molar-refractivity contribution in [2.75, 3.05) is 0 Å². The summed E-state index contributed by atoms with van der Waals surface area (Å²) in [7, 11) is 0. The summed E-state index contributed by atoms with van der Waals surface area (Å²) in [5, 5.41) is 18.2. The van der Waals surface area contributed by atoms with Gasteiger partial charge in [-0.25, -0.2) is 4.79 Å². The zero-order valence-electron chi connectivity index (χ0n) is 10.9. The van der Waals surface area contributed by atoms with Crippen LogP contribution < -0.4 is 5.56 Å². The summed E-state index contributed by atoms with van der Waals surface area (Å²) < 4.78 is 1.19. The Morgan fingerprint density at radius 2 is 2.00 bits per heavy atom. The highest BCUT2D eigenvalue weighted by molar-refractivity contribution is 5.72. The molecular formula is C13H16N2O3. The SMILES string of the molecule is Cc1cc(C)n([C@H](C(=O)O)C(C)C)c(=O)c1C#N. The molecule has 1 aromatic heterocycles. The Balaban J connectivity index is 3.65. The van der Waals surface area contributed by atoms with Crippen LogP contribution in [-0.2, 0) is 4.79 Å². The molecule has 5 heteroatoms. The molecule has 1 rings (SSSR count). The second-order valence-corrected chi connectivity index (χ2v) is 4.66. The van der Waals surface area contributed by atoms with Gasteiger partial charge in [0, 0.05) is 5.69 Å². The molecule has 0 unspecified atom stereocenters. The molecule has 0 bridgehead atoms. The lowest BCUT2D eigenvalue weighted by atomic mass is 10.0. The van der Waals surface area contributed by atoms with Gasteiger partial charge in [-0.05, 0) is 31.4 Å². The first kappa shape index (κ1) is 14.0. The smallest absolute Gasteiger partial charge is 0.327 e. The van der Waals surface area contributed by atoms with E-state index in [2.05, 4.69) is 0 Å². The molecule has 0 aromatic carbocycles. The van der Waals surface area contributed by atoms with E-state index in [1.807, 2.05) is 6.07 Å². The van der Waals surface area contributed by atoms with Gasteiger partial charge in [0.15, 0.2) is 0 Å². The van der Waals surface area contributed by atoms with Gasteiger partial charge in [0.1, 0.15) is 17.7 Å². The lowest BCUT2D eigenvalue weighted by Gasteiger charge is -2.22. The van der Waals surface area contributed by atoms with Crippen LogP contribution in [0.1, 0.15) is 36.7 Å². The Labute approximate surface area is 105 Å². The number of carboxylic acids is 1. The van der Waals surface area contributed by atoms with Gasteiger partial charge in [0.2, 0.25) is 0 Å². The van der Waals surface area contributed by atoms with Crippen LogP contribution in [-0.4, -0.2) is 15.6 Å². The monoisotopic (exact) mass is 248 g/mol. The van der Waals surface area contributed by atoms with E-state index in [9.17, 15) is 14.7 Å². The van der Waals surface area contributed by atoms with E-state index < -0.39 is 17.6 Å². The molecule has 0 aliphatic rings. The highest BCUT2D eigenvalue weighted by Crippen LogP contribution is 2.19. The Morgan fingerprint density at radius 1 is 1.44 bits per heavy atom. The van der Waals surface area contributed by atoms with Gasteiger partial charge >= 0.3 is 5.97 Å². The number of nitrogens with zero attached hydrogens (tertiary/aromatic N) is 2. The average Bonchev–Trinajstić information content (AvgIpc) is 2.23. The van der Waals surface area contributed by atoms with E-state index in [-0.39, 0.29) is 11.5 Å². The van der Waals surface area contributed by atoms with E-state index in [0.29, 0.717) is 11.3 Å². The van der Waals surface area contributed by atoms with Crippen LogP contribution in [0.25, 0.3) is 0 Å². The Hall–Kier alpha value is -2.09. The maximum Gasteiger partial charge on any atom is 0.327 e. The number of aliphatic carboxylic acids is 1. The third-order valence-electron chi connectivity index (χ3n) is 2.91. The Bertz CT molecular complexity index is 579. The predicted molar refractivity (Wildman–Crippen MR) is 66.4 cm³/mol. The van der Waals surface area contributed by atoms with E-state index in [1.165, 1.54) is 4.57 Å². The molecule has 0 radical (unpaired) electrons. The van der Waals surface area contributed by atoms with Gasteiger partial charge < -0.3 is 5.11 Å². The maximum absolute atomic E-state index is 12.2. The molecule has 0 aliphatic carbocycles. The third kappa shape index (κ3) is 2.28. The predicted octanol–water partition coefficient (Wildman–Crippen LogP) is 1.62. The number of hydrogen-bond acceptors (Lipinski definition) is 3. The number of carboxylic acid groups (broad SMARTS) is 1. The number of aromatic nitrogens is 1. The van der Waals surface area contributed by atoms with Crippen LogP contribution in [0.5, 0.6) is 0 Å². The molecule has 96 valence electrons. The van der Waals surface area contributed by atoms with Crippen molar-refractivity contribution in [2.45, 2.75) is 33.7 Å². The Morgan fingerprint density at radius 3 is 2.39 bits per heavy atom. The summed E-state index contributed by atoms with van der Waals surface area (Å²) in [5.74, 6) is -1.31. The van der Waals surface area contributed by atoms with Crippen LogP contribution in [0.2, 0.25) is 0 Å². The number of pyridine rings is 1. The largest absolute Gasteiger partial charge is 0.480 e. The zero-order valence-corrected chi connectivity index (χ0v) is 10.9. The maximum atomic E-state index is 12.2. The summed E-state index contributed by atoms with van der Waals surface area (Å²) in [5.41, 5.74) is 0.602. The van der Waals surface area contributed by atoms with E-state index in [1.54, 1.807) is 33.8 Å². The van der Waals surface area contributed by atoms with Crippen LogP contribution >= 0.6 is 0 Å². The summed E-state index contributed by atoms with van der Waals surface area (Å²) in [4.78, 5) is 23.5. The van der Waals surface area contributed by atoms with Crippen LogP contribution in [0, 0.1) is 31.1 Å². The molecule has 0 aliphatic heterocycles. The molecule has 1 heterocycles. The minimum absolute atomic E-state index is 0.00694. The van der Waals surface area contributed by atoms with Crippen molar-refractivity contribution >= 4 is 5.97 Å². The Kier molecular flexibility index (Phi) is 3.92. The number of aryl methyl sites for hydroxylation is 2.